The van der Waals surface area contributed by atoms with Gasteiger partial charge in [-0.25, -0.2) is 0 Å². The summed E-state index contributed by atoms with van der Waals surface area (Å²) in [6.45, 7) is 4.58. The molecule has 0 aromatic heterocycles. The van der Waals surface area contributed by atoms with Gasteiger partial charge in [0.05, 0.1) is 0 Å². The maximum absolute atomic E-state index is 5.85. The van der Waals surface area contributed by atoms with Crippen LogP contribution in [0.25, 0.3) is 0 Å². The lowest BCUT2D eigenvalue weighted by molar-refractivity contribution is 0.120. The average molecular weight is 210 g/mol. The van der Waals surface area contributed by atoms with E-state index < -0.39 is 0 Å². The predicted octanol–water partition coefficient (Wildman–Crippen LogP) is 2.38. The third-order valence-electron chi connectivity index (χ3n) is 4.55. The van der Waals surface area contributed by atoms with Crippen molar-refractivity contribution in [3.05, 3.63) is 0 Å². The Kier molecular flexibility index (Phi) is 4.04. The molecule has 0 amide bonds. The third-order valence-corrected chi connectivity index (χ3v) is 4.55. The second-order valence-electron chi connectivity index (χ2n) is 5.41. The number of hydrogen-bond acceptors (Lipinski definition) is 2. The smallest absolute Gasteiger partial charge is 0.0221 e. The number of rotatable bonds is 3. The summed E-state index contributed by atoms with van der Waals surface area (Å²) in [6, 6.07) is 1.46. The first-order valence-corrected chi connectivity index (χ1v) is 6.78. The van der Waals surface area contributed by atoms with E-state index in [1.54, 1.807) is 0 Å². The highest BCUT2D eigenvalue weighted by molar-refractivity contribution is 4.87. The molecule has 2 nitrogen and oxygen atoms in total. The SMILES string of the molecule is CC(C1CCCCC1)N1CCCC1CN. The predicted molar refractivity (Wildman–Crippen MR) is 64.8 cm³/mol. The highest BCUT2D eigenvalue weighted by Gasteiger charge is 2.32. The van der Waals surface area contributed by atoms with Crippen LogP contribution in [0.15, 0.2) is 0 Å². The standard InChI is InChI=1S/C13H26N2/c1-11(12-6-3-2-4-7-12)15-9-5-8-13(15)10-14/h11-13H,2-10,14H2,1H3. The molecule has 2 rings (SSSR count). The monoisotopic (exact) mass is 210 g/mol. The second kappa shape index (κ2) is 5.31. The zero-order valence-electron chi connectivity index (χ0n) is 10.1. The van der Waals surface area contributed by atoms with Gasteiger partial charge in [-0.2, -0.15) is 0 Å². The Bertz CT molecular complexity index is 187. The van der Waals surface area contributed by atoms with E-state index in [2.05, 4.69) is 11.8 Å². The van der Waals surface area contributed by atoms with Crippen LogP contribution >= 0.6 is 0 Å². The molecule has 1 saturated carbocycles. The van der Waals surface area contributed by atoms with Crippen LogP contribution in [-0.4, -0.2) is 30.1 Å². The van der Waals surface area contributed by atoms with Crippen LogP contribution in [0.4, 0.5) is 0 Å². The molecule has 2 N–H and O–H groups in total. The molecule has 0 aromatic rings. The lowest BCUT2D eigenvalue weighted by atomic mass is 9.84. The average Bonchev–Trinajstić information content (AvgIpc) is 2.77. The summed E-state index contributed by atoms with van der Waals surface area (Å²) in [5.74, 6) is 0.950. The molecule has 0 aromatic carbocycles. The number of likely N-dealkylation sites (tertiary alicyclic amines) is 1. The van der Waals surface area contributed by atoms with Gasteiger partial charge in [0.25, 0.3) is 0 Å². The molecular weight excluding hydrogens is 184 g/mol. The van der Waals surface area contributed by atoms with Gasteiger partial charge in [-0.15, -0.1) is 0 Å². The largest absolute Gasteiger partial charge is 0.329 e. The van der Waals surface area contributed by atoms with Gasteiger partial charge in [0.1, 0.15) is 0 Å². The Labute approximate surface area is 94.2 Å². The summed E-state index contributed by atoms with van der Waals surface area (Å²) in [5.41, 5.74) is 5.85. The van der Waals surface area contributed by atoms with Crippen LogP contribution < -0.4 is 5.73 Å². The number of nitrogens with zero attached hydrogens (tertiary/aromatic N) is 1. The summed E-state index contributed by atoms with van der Waals surface area (Å²) in [7, 11) is 0. The summed E-state index contributed by atoms with van der Waals surface area (Å²) >= 11 is 0. The van der Waals surface area contributed by atoms with Crippen molar-refractivity contribution in [2.45, 2.75) is 64.0 Å². The van der Waals surface area contributed by atoms with E-state index in [0.29, 0.717) is 6.04 Å². The molecule has 88 valence electrons. The lowest BCUT2D eigenvalue weighted by Crippen LogP contribution is -2.45. The molecule has 1 heterocycles. The van der Waals surface area contributed by atoms with Gasteiger partial charge in [-0.3, -0.25) is 4.90 Å². The van der Waals surface area contributed by atoms with Crippen LogP contribution in [0, 0.1) is 5.92 Å². The van der Waals surface area contributed by atoms with Gasteiger partial charge in [0.2, 0.25) is 0 Å². The van der Waals surface area contributed by atoms with Gasteiger partial charge < -0.3 is 5.73 Å². The highest BCUT2D eigenvalue weighted by Crippen LogP contribution is 2.32. The fourth-order valence-corrected chi connectivity index (χ4v) is 3.53. The summed E-state index contributed by atoms with van der Waals surface area (Å²) < 4.78 is 0. The van der Waals surface area contributed by atoms with E-state index in [0.717, 1.165) is 18.5 Å². The van der Waals surface area contributed by atoms with Crippen LogP contribution in [0.5, 0.6) is 0 Å². The fourth-order valence-electron chi connectivity index (χ4n) is 3.53. The first-order valence-electron chi connectivity index (χ1n) is 6.78. The zero-order chi connectivity index (χ0) is 10.7. The van der Waals surface area contributed by atoms with Crippen LogP contribution in [0.3, 0.4) is 0 Å². The first-order chi connectivity index (χ1) is 7.33. The number of nitrogens with two attached hydrogens (primary N) is 1. The third kappa shape index (κ3) is 2.54. The molecule has 0 radical (unpaired) electrons. The minimum absolute atomic E-state index is 0.682. The Morgan fingerprint density at radius 3 is 2.53 bits per heavy atom. The van der Waals surface area contributed by atoms with Crippen molar-refractivity contribution in [3.8, 4) is 0 Å². The molecule has 15 heavy (non-hydrogen) atoms. The molecule has 0 spiro atoms. The maximum atomic E-state index is 5.85. The molecule has 0 bridgehead atoms. The molecule has 2 atom stereocenters. The van der Waals surface area contributed by atoms with E-state index in [4.69, 9.17) is 5.73 Å². The molecule has 2 aliphatic rings. The summed E-state index contributed by atoms with van der Waals surface area (Å²) in [4.78, 5) is 2.69. The Morgan fingerprint density at radius 2 is 1.87 bits per heavy atom. The molecule has 2 unspecified atom stereocenters. The minimum Gasteiger partial charge on any atom is -0.329 e. The Hall–Kier alpha value is -0.0800. The van der Waals surface area contributed by atoms with Crippen molar-refractivity contribution < 1.29 is 0 Å². The maximum Gasteiger partial charge on any atom is 0.0221 e. The van der Waals surface area contributed by atoms with Crippen LogP contribution in [0.2, 0.25) is 0 Å². The second-order valence-corrected chi connectivity index (χ2v) is 5.41. The molecule has 2 heteroatoms. The van der Waals surface area contributed by atoms with Crippen molar-refractivity contribution in [3.63, 3.8) is 0 Å². The Balaban J connectivity index is 1.90. The van der Waals surface area contributed by atoms with Crippen LogP contribution in [0.1, 0.15) is 51.9 Å². The van der Waals surface area contributed by atoms with E-state index >= 15 is 0 Å². The van der Waals surface area contributed by atoms with E-state index in [-0.39, 0.29) is 0 Å². The normalized spacial score (nSPS) is 32.0. The highest BCUT2D eigenvalue weighted by atomic mass is 15.2. The topological polar surface area (TPSA) is 29.3 Å². The molecular formula is C13H26N2. The molecule has 1 saturated heterocycles. The number of hydrogen-bond donors (Lipinski definition) is 1. The summed E-state index contributed by atoms with van der Waals surface area (Å²) in [5, 5.41) is 0. The van der Waals surface area contributed by atoms with Crippen LogP contribution in [-0.2, 0) is 0 Å². The van der Waals surface area contributed by atoms with Gasteiger partial charge in [0, 0.05) is 18.6 Å². The van der Waals surface area contributed by atoms with Gasteiger partial charge in [-0.1, -0.05) is 19.3 Å². The first kappa shape index (κ1) is 11.4. The summed E-state index contributed by atoms with van der Waals surface area (Å²) in [6.07, 6.45) is 9.96. The van der Waals surface area contributed by atoms with E-state index in [9.17, 15) is 0 Å². The van der Waals surface area contributed by atoms with Gasteiger partial charge in [0.15, 0.2) is 0 Å². The van der Waals surface area contributed by atoms with Crippen molar-refractivity contribution in [1.82, 2.24) is 4.90 Å². The zero-order valence-corrected chi connectivity index (χ0v) is 10.1. The van der Waals surface area contributed by atoms with Crippen molar-refractivity contribution in [1.29, 1.82) is 0 Å². The van der Waals surface area contributed by atoms with E-state index in [1.165, 1.54) is 51.5 Å². The van der Waals surface area contributed by atoms with Gasteiger partial charge in [-0.05, 0) is 45.1 Å². The Morgan fingerprint density at radius 1 is 1.13 bits per heavy atom. The fraction of sp³-hybridized carbons (Fsp3) is 1.00. The molecule has 1 aliphatic heterocycles. The van der Waals surface area contributed by atoms with Crippen molar-refractivity contribution >= 4 is 0 Å². The molecule has 1 aliphatic carbocycles. The van der Waals surface area contributed by atoms with E-state index in [1.807, 2.05) is 0 Å². The lowest BCUT2D eigenvalue weighted by Gasteiger charge is -2.37. The van der Waals surface area contributed by atoms with Gasteiger partial charge >= 0.3 is 0 Å². The van der Waals surface area contributed by atoms with Crippen molar-refractivity contribution in [2.75, 3.05) is 13.1 Å². The quantitative estimate of drug-likeness (QED) is 0.775. The molecule has 2 fully saturated rings. The van der Waals surface area contributed by atoms with Crippen molar-refractivity contribution in [2.24, 2.45) is 11.7 Å². The minimum atomic E-state index is 0.682.